The number of carboxylic acids is 4. The third kappa shape index (κ3) is 22.2. The van der Waals surface area contributed by atoms with Gasteiger partial charge in [0.15, 0.2) is 0 Å². The summed E-state index contributed by atoms with van der Waals surface area (Å²) in [5, 5.41) is 35.7. The lowest BCUT2D eigenvalue weighted by Gasteiger charge is -2.32. The number of likely N-dealkylation sites (N-methyl/N-ethyl adjacent to an activating group) is 1. The first-order chi connectivity index (χ1) is 18.5. The maximum absolute atomic E-state index is 9.55. The summed E-state index contributed by atoms with van der Waals surface area (Å²) in [6.45, 7) is 8.89. The normalized spacial score (nSPS) is 18.3. The fourth-order valence-electron chi connectivity index (χ4n) is 3.55. The van der Waals surface area contributed by atoms with Gasteiger partial charge in [0, 0.05) is 57.0 Å². The number of hydrogen-bond donors (Lipinski definition) is 4. The highest BCUT2D eigenvalue weighted by Gasteiger charge is 2.14. The number of piperazine rings is 1. The molecular weight excluding hydrogens is 510 g/mol. The summed E-state index contributed by atoms with van der Waals surface area (Å²) in [7, 11) is 2.20. The van der Waals surface area contributed by atoms with Gasteiger partial charge in [0.25, 0.3) is 0 Å². The van der Waals surface area contributed by atoms with Crippen molar-refractivity contribution in [2.45, 2.75) is 58.3 Å². The molecule has 39 heavy (non-hydrogen) atoms. The van der Waals surface area contributed by atoms with E-state index in [0.717, 1.165) is 26.0 Å². The molecule has 0 radical (unpaired) electrons. The smallest absolute Gasteiger partial charge is 0.328 e. The Bertz CT molecular complexity index is 808. The van der Waals surface area contributed by atoms with Crippen LogP contribution in [-0.4, -0.2) is 106 Å². The number of rotatable bonds is 12. The maximum Gasteiger partial charge on any atom is 0.328 e. The number of hydrogen-bond acceptors (Lipinski definition) is 8. The van der Waals surface area contributed by atoms with Crippen molar-refractivity contribution in [3.63, 3.8) is 0 Å². The van der Waals surface area contributed by atoms with Crippen LogP contribution in [0.5, 0.6) is 0 Å². The van der Waals surface area contributed by atoms with Gasteiger partial charge in [-0.2, -0.15) is 0 Å². The van der Waals surface area contributed by atoms with Crippen molar-refractivity contribution in [2.75, 3.05) is 46.4 Å². The summed E-state index contributed by atoms with van der Waals surface area (Å²) in [5.41, 5.74) is 2.66. The summed E-state index contributed by atoms with van der Waals surface area (Å²) < 4.78 is 0. The first kappa shape index (κ1) is 35.5. The van der Waals surface area contributed by atoms with E-state index in [1.54, 1.807) is 0 Å². The van der Waals surface area contributed by atoms with Crippen LogP contribution >= 0.6 is 0 Å². The zero-order valence-electron chi connectivity index (χ0n) is 23.0. The van der Waals surface area contributed by atoms with Crippen molar-refractivity contribution >= 4 is 29.6 Å². The second kappa shape index (κ2) is 22.5. The quantitative estimate of drug-likeness (QED) is 0.159. The van der Waals surface area contributed by atoms with Crippen LogP contribution in [0, 0.1) is 0 Å². The molecule has 0 aromatic carbocycles. The van der Waals surface area contributed by atoms with Crippen molar-refractivity contribution in [1.82, 2.24) is 9.80 Å². The Balaban J connectivity index is 0.000000742. The van der Waals surface area contributed by atoms with Crippen molar-refractivity contribution in [1.29, 1.82) is 0 Å². The molecule has 220 valence electrons. The van der Waals surface area contributed by atoms with E-state index in [9.17, 15) is 19.2 Å². The summed E-state index contributed by atoms with van der Waals surface area (Å²) in [6, 6.07) is 0. The molecule has 0 aromatic heterocycles. The largest absolute Gasteiger partial charge is 0.478 e. The fraction of sp³-hybridized carbons (Fsp3) is 0.593. The van der Waals surface area contributed by atoms with Gasteiger partial charge in [0.1, 0.15) is 6.61 Å². The van der Waals surface area contributed by atoms with E-state index < -0.39 is 23.9 Å². The van der Waals surface area contributed by atoms with Gasteiger partial charge >= 0.3 is 23.9 Å². The van der Waals surface area contributed by atoms with Gasteiger partial charge in [-0.1, -0.05) is 31.0 Å². The molecule has 0 unspecified atom stereocenters. The van der Waals surface area contributed by atoms with Crippen LogP contribution in [0.3, 0.4) is 0 Å². The minimum absolute atomic E-state index is 0.558. The molecule has 1 aliphatic carbocycles. The monoisotopic (exact) mass is 553 g/mol. The maximum atomic E-state index is 9.55. The highest BCUT2D eigenvalue weighted by molar-refractivity contribution is 6.00. The molecule has 0 amide bonds. The summed E-state index contributed by atoms with van der Waals surface area (Å²) in [4.78, 5) is 48.8. The summed E-state index contributed by atoms with van der Waals surface area (Å²) >= 11 is 0. The average molecular weight is 554 g/mol. The molecule has 2 fully saturated rings. The van der Waals surface area contributed by atoms with Crippen LogP contribution in [-0.2, 0) is 24.0 Å². The van der Waals surface area contributed by atoms with Crippen molar-refractivity contribution in [3.8, 4) is 0 Å². The molecule has 1 aliphatic heterocycles. The molecule has 2 rings (SSSR count). The third-order valence-corrected chi connectivity index (χ3v) is 5.65. The van der Waals surface area contributed by atoms with Gasteiger partial charge in [-0.05, 0) is 51.1 Å². The summed E-state index contributed by atoms with van der Waals surface area (Å²) in [6.07, 6.45) is 14.3. The Labute approximate surface area is 229 Å². The lowest BCUT2D eigenvalue weighted by atomic mass is 9.92. The molecule has 0 bridgehead atoms. The lowest BCUT2D eigenvalue weighted by molar-refractivity contribution is -0.134. The van der Waals surface area contributed by atoms with E-state index in [1.165, 1.54) is 76.0 Å². The van der Waals surface area contributed by atoms with Crippen LogP contribution in [0.1, 0.15) is 58.3 Å². The standard InChI is InChI=1S/C19H35N3O.2C4H4O4/c1-3-4-5-9-18-10-6-7-11-19(18)20-23-17-8-12-22-15-13-21(2)14-16-22;2*5-3(6)1-2-4(7)8/h9H,3-8,10-17H2,1-2H3;2*1-2H,(H,5,6)(H,7,8)/b18-9-,20-19+;2*2-1+. The van der Waals surface area contributed by atoms with E-state index >= 15 is 0 Å². The lowest BCUT2D eigenvalue weighted by Crippen LogP contribution is -2.44. The molecule has 12 nitrogen and oxygen atoms in total. The molecule has 0 spiro atoms. The van der Waals surface area contributed by atoms with Crippen LogP contribution in [0.4, 0.5) is 0 Å². The van der Waals surface area contributed by atoms with Crippen LogP contribution in [0.15, 0.2) is 41.1 Å². The summed E-state index contributed by atoms with van der Waals surface area (Å²) in [5.74, 6) is -5.03. The molecule has 0 aromatic rings. The van der Waals surface area contributed by atoms with Gasteiger partial charge in [-0.15, -0.1) is 0 Å². The third-order valence-electron chi connectivity index (χ3n) is 5.65. The van der Waals surface area contributed by atoms with Gasteiger partial charge < -0.3 is 35.1 Å². The second-order valence-corrected chi connectivity index (χ2v) is 8.97. The SMILES string of the molecule is CCCC/C=C1/CCCC/C1=N\OCCCN1CCN(C)CC1.O=C(O)/C=C/C(=O)O.O=C(O)/C=C/C(=O)O. The molecule has 4 N–H and O–H groups in total. The highest BCUT2D eigenvalue weighted by Crippen LogP contribution is 2.22. The van der Waals surface area contributed by atoms with E-state index in [4.69, 9.17) is 25.3 Å². The minimum Gasteiger partial charge on any atom is -0.478 e. The number of nitrogens with zero attached hydrogens (tertiary/aromatic N) is 3. The van der Waals surface area contributed by atoms with Crippen molar-refractivity contribution < 1.29 is 44.4 Å². The Morgan fingerprint density at radius 3 is 1.82 bits per heavy atom. The number of carboxylic acid groups (broad SMARTS) is 4. The molecular formula is C27H43N3O9. The van der Waals surface area contributed by atoms with E-state index in [1.807, 2.05) is 0 Å². The van der Waals surface area contributed by atoms with Gasteiger partial charge in [-0.25, -0.2) is 19.2 Å². The Morgan fingerprint density at radius 2 is 1.33 bits per heavy atom. The molecule has 2 aliphatic rings. The van der Waals surface area contributed by atoms with E-state index in [2.05, 4.69) is 35.0 Å². The van der Waals surface area contributed by atoms with E-state index in [-0.39, 0.29) is 0 Å². The zero-order valence-corrected chi connectivity index (χ0v) is 23.0. The number of oxime groups is 1. The first-order valence-corrected chi connectivity index (χ1v) is 13.1. The van der Waals surface area contributed by atoms with Crippen molar-refractivity contribution in [2.24, 2.45) is 5.16 Å². The number of allylic oxidation sites excluding steroid dienone is 2. The Morgan fingerprint density at radius 1 is 0.821 bits per heavy atom. The molecule has 1 saturated heterocycles. The fourth-order valence-corrected chi connectivity index (χ4v) is 3.55. The molecule has 0 atom stereocenters. The van der Waals surface area contributed by atoms with Crippen LogP contribution in [0.2, 0.25) is 0 Å². The Hall–Kier alpha value is -3.51. The second-order valence-electron chi connectivity index (χ2n) is 8.97. The predicted octanol–water partition coefficient (Wildman–Crippen LogP) is 3.11. The molecule has 12 heteroatoms. The van der Waals surface area contributed by atoms with Gasteiger partial charge in [0.05, 0.1) is 5.71 Å². The van der Waals surface area contributed by atoms with Crippen LogP contribution in [0.25, 0.3) is 0 Å². The number of unbranched alkanes of at least 4 members (excludes halogenated alkanes) is 2. The average Bonchev–Trinajstić information content (AvgIpc) is 2.89. The van der Waals surface area contributed by atoms with Crippen LogP contribution < -0.4 is 0 Å². The highest BCUT2D eigenvalue weighted by atomic mass is 16.6. The Kier molecular flexibility index (Phi) is 20.4. The number of aliphatic carboxylic acids is 4. The predicted molar refractivity (Wildman–Crippen MR) is 147 cm³/mol. The topological polar surface area (TPSA) is 177 Å². The van der Waals surface area contributed by atoms with Crippen molar-refractivity contribution in [3.05, 3.63) is 36.0 Å². The molecule has 1 saturated carbocycles. The first-order valence-electron chi connectivity index (χ1n) is 13.1. The molecule has 1 heterocycles. The number of carbonyl (C=O) groups is 4. The van der Waals surface area contributed by atoms with E-state index in [0.29, 0.717) is 24.3 Å². The zero-order chi connectivity index (χ0) is 29.5. The van der Waals surface area contributed by atoms with Gasteiger partial charge in [-0.3, -0.25) is 0 Å². The minimum atomic E-state index is -1.26. The van der Waals surface area contributed by atoms with Gasteiger partial charge in [0.2, 0.25) is 0 Å².